The Balaban J connectivity index is 2.18. The smallest absolute Gasteiger partial charge is 0.303 e. The van der Waals surface area contributed by atoms with Gasteiger partial charge in [0.2, 0.25) is 0 Å². The third kappa shape index (κ3) is 6.67. The van der Waals surface area contributed by atoms with Crippen molar-refractivity contribution in [3.05, 3.63) is 58.7 Å². The van der Waals surface area contributed by atoms with Gasteiger partial charge in [0, 0.05) is 36.2 Å². The molecule has 0 aliphatic heterocycles. The fourth-order valence-electron chi connectivity index (χ4n) is 3.50. The average molecular weight is 449 g/mol. The number of unbranched alkanes of at least 4 members (excludes halogenated alkanes) is 1. The molecule has 0 fully saturated rings. The number of carboxylic acid groups (broad SMARTS) is 1. The number of amides is 1. The molecule has 0 bridgehead atoms. The minimum absolute atomic E-state index is 0.00858. The maximum atomic E-state index is 13.9. The van der Waals surface area contributed by atoms with Gasteiger partial charge in [-0.25, -0.2) is 8.78 Å². The summed E-state index contributed by atoms with van der Waals surface area (Å²) in [6, 6.07) is 6.97. The fraction of sp³-hybridized carbons (Fsp3) is 0.417. The number of benzene rings is 2. The van der Waals surface area contributed by atoms with Crippen LogP contribution in [-0.4, -0.2) is 49.2 Å². The largest absolute Gasteiger partial charge is 0.496 e. The fourth-order valence-corrected chi connectivity index (χ4v) is 3.50. The van der Waals surface area contributed by atoms with Crippen molar-refractivity contribution in [1.29, 1.82) is 0 Å². The molecule has 0 aliphatic rings. The van der Waals surface area contributed by atoms with Gasteiger partial charge in [-0.2, -0.15) is 0 Å². The first-order chi connectivity index (χ1) is 15.3. The van der Waals surface area contributed by atoms with Crippen molar-refractivity contribution in [3.8, 4) is 11.5 Å². The van der Waals surface area contributed by atoms with Crippen molar-refractivity contribution in [1.82, 2.24) is 4.90 Å². The third-order valence-corrected chi connectivity index (χ3v) is 5.27. The van der Waals surface area contributed by atoms with Gasteiger partial charge in [0.1, 0.15) is 23.1 Å². The molecule has 0 aliphatic carbocycles. The summed E-state index contributed by atoms with van der Waals surface area (Å²) >= 11 is 0. The van der Waals surface area contributed by atoms with Gasteiger partial charge in [0.05, 0.1) is 14.2 Å². The molecule has 1 amide bonds. The SMILES string of the molecule is COc1cc(C(=O)N(CCCCC(=O)O)CCCc2c(F)cccc2F)cc(OC)c1C. The molecular formula is C24H29F2NO5. The summed E-state index contributed by atoms with van der Waals surface area (Å²) in [7, 11) is 3.01. The van der Waals surface area contributed by atoms with Crippen molar-refractivity contribution in [2.24, 2.45) is 0 Å². The topological polar surface area (TPSA) is 76.1 Å². The normalized spacial score (nSPS) is 10.7. The Hall–Kier alpha value is -3.16. The summed E-state index contributed by atoms with van der Waals surface area (Å²) in [5.74, 6) is -1.40. The third-order valence-electron chi connectivity index (χ3n) is 5.27. The lowest BCUT2D eigenvalue weighted by Gasteiger charge is -2.24. The second-order valence-corrected chi connectivity index (χ2v) is 7.45. The molecule has 8 heteroatoms. The van der Waals surface area contributed by atoms with E-state index in [0.29, 0.717) is 42.9 Å². The number of hydrogen-bond donors (Lipinski definition) is 1. The zero-order chi connectivity index (χ0) is 23.7. The predicted octanol–water partition coefficient (Wildman–Crippen LogP) is 4.62. The highest BCUT2D eigenvalue weighted by atomic mass is 19.1. The summed E-state index contributed by atoms with van der Waals surface area (Å²) in [5, 5.41) is 8.85. The lowest BCUT2D eigenvalue weighted by atomic mass is 10.1. The maximum Gasteiger partial charge on any atom is 0.303 e. The molecule has 0 unspecified atom stereocenters. The van der Waals surface area contributed by atoms with Crippen LogP contribution in [0.5, 0.6) is 11.5 Å². The van der Waals surface area contributed by atoms with E-state index in [4.69, 9.17) is 14.6 Å². The van der Waals surface area contributed by atoms with E-state index in [1.165, 1.54) is 32.4 Å². The molecule has 174 valence electrons. The highest BCUT2D eigenvalue weighted by Gasteiger charge is 2.20. The van der Waals surface area contributed by atoms with Gasteiger partial charge in [0.25, 0.3) is 5.91 Å². The van der Waals surface area contributed by atoms with Crippen LogP contribution in [0, 0.1) is 18.6 Å². The van der Waals surface area contributed by atoms with E-state index in [-0.39, 0.29) is 30.9 Å². The van der Waals surface area contributed by atoms with Crippen molar-refractivity contribution >= 4 is 11.9 Å². The summed E-state index contributed by atoms with van der Waals surface area (Å²) in [4.78, 5) is 25.6. The van der Waals surface area contributed by atoms with Gasteiger partial charge in [-0.05, 0) is 56.9 Å². The first-order valence-electron chi connectivity index (χ1n) is 10.4. The van der Waals surface area contributed by atoms with E-state index in [0.717, 1.165) is 5.56 Å². The molecule has 1 N–H and O–H groups in total. The van der Waals surface area contributed by atoms with Gasteiger partial charge in [0.15, 0.2) is 0 Å². The Morgan fingerprint density at radius 1 is 0.969 bits per heavy atom. The predicted molar refractivity (Wildman–Crippen MR) is 116 cm³/mol. The molecule has 0 radical (unpaired) electrons. The molecular weight excluding hydrogens is 420 g/mol. The first kappa shape index (κ1) is 25.1. The van der Waals surface area contributed by atoms with Crippen LogP contribution in [0.1, 0.15) is 47.2 Å². The number of carbonyl (C=O) groups excluding carboxylic acids is 1. The number of rotatable bonds is 12. The molecule has 0 heterocycles. The summed E-state index contributed by atoms with van der Waals surface area (Å²) in [5.41, 5.74) is 1.11. The van der Waals surface area contributed by atoms with E-state index in [1.807, 2.05) is 6.92 Å². The van der Waals surface area contributed by atoms with Crippen LogP contribution in [0.25, 0.3) is 0 Å². The van der Waals surface area contributed by atoms with Crippen LogP contribution < -0.4 is 9.47 Å². The quantitative estimate of drug-likeness (QED) is 0.479. The molecule has 2 aromatic carbocycles. The standard InChI is InChI=1S/C24H29F2NO5/c1-16-21(31-2)14-17(15-22(16)32-3)24(30)27(12-5-4-11-23(28)29)13-7-8-18-19(25)9-6-10-20(18)26/h6,9-10,14-15H,4-5,7-8,11-13H2,1-3H3,(H,28,29). The van der Waals surface area contributed by atoms with Gasteiger partial charge in [-0.3, -0.25) is 9.59 Å². The zero-order valence-electron chi connectivity index (χ0n) is 18.6. The second kappa shape index (κ2) is 12.0. The van der Waals surface area contributed by atoms with E-state index >= 15 is 0 Å². The molecule has 0 aromatic heterocycles. The Bertz CT molecular complexity index is 903. The first-order valence-corrected chi connectivity index (χ1v) is 10.4. The number of carbonyl (C=O) groups is 2. The van der Waals surface area contributed by atoms with Crippen LogP contribution in [0.4, 0.5) is 8.78 Å². The van der Waals surface area contributed by atoms with E-state index in [1.54, 1.807) is 17.0 Å². The highest BCUT2D eigenvalue weighted by Crippen LogP contribution is 2.30. The molecule has 2 aromatic rings. The summed E-state index contributed by atoms with van der Waals surface area (Å²) in [6.07, 6.45) is 1.41. The van der Waals surface area contributed by atoms with Gasteiger partial charge in [-0.15, -0.1) is 0 Å². The van der Waals surface area contributed by atoms with Gasteiger partial charge < -0.3 is 19.5 Å². The Morgan fingerprint density at radius 3 is 2.06 bits per heavy atom. The Morgan fingerprint density at radius 2 is 1.53 bits per heavy atom. The zero-order valence-corrected chi connectivity index (χ0v) is 18.6. The molecule has 2 rings (SSSR count). The minimum Gasteiger partial charge on any atom is -0.496 e. The average Bonchev–Trinajstić information content (AvgIpc) is 2.76. The molecule has 0 atom stereocenters. The monoisotopic (exact) mass is 449 g/mol. The molecule has 0 spiro atoms. The Labute approximate surface area is 186 Å². The van der Waals surface area contributed by atoms with Gasteiger partial charge >= 0.3 is 5.97 Å². The lowest BCUT2D eigenvalue weighted by Crippen LogP contribution is -2.33. The number of hydrogen-bond acceptors (Lipinski definition) is 4. The van der Waals surface area contributed by atoms with E-state index < -0.39 is 17.6 Å². The number of ether oxygens (including phenoxy) is 2. The molecule has 32 heavy (non-hydrogen) atoms. The molecule has 6 nitrogen and oxygen atoms in total. The minimum atomic E-state index is -0.897. The number of nitrogens with zero attached hydrogens (tertiary/aromatic N) is 1. The van der Waals surface area contributed by atoms with Crippen LogP contribution in [0.2, 0.25) is 0 Å². The second-order valence-electron chi connectivity index (χ2n) is 7.45. The van der Waals surface area contributed by atoms with Crippen molar-refractivity contribution < 1.29 is 33.0 Å². The Kier molecular flexibility index (Phi) is 9.43. The lowest BCUT2D eigenvalue weighted by molar-refractivity contribution is -0.137. The molecule has 0 saturated carbocycles. The number of aliphatic carboxylic acids is 1. The molecule has 0 saturated heterocycles. The number of carboxylic acids is 1. The van der Waals surface area contributed by atoms with Crippen LogP contribution in [-0.2, 0) is 11.2 Å². The van der Waals surface area contributed by atoms with E-state index in [9.17, 15) is 18.4 Å². The highest BCUT2D eigenvalue weighted by molar-refractivity contribution is 5.95. The maximum absolute atomic E-state index is 13.9. The van der Waals surface area contributed by atoms with Crippen LogP contribution in [0.15, 0.2) is 30.3 Å². The van der Waals surface area contributed by atoms with Gasteiger partial charge in [-0.1, -0.05) is 6.07 Å². The van der Waals surface area contributed by atoms with Crippen LogP contribution >= 0.6 is 0 Å². The number of methoxy groups -OCH3 is 2. The van der Waals surface area contributed by atoms with E-state index in [2.05, 4.69) is 0 Å². The summed E-state index contributed by atoms with van der Waals surface area (Å²) in [6.45, 7) is 2.40. The van der Waals surface area contributed by atoms with Crippen molar-refractivity contribution in [3.63, 3.8) is 0 Å². The van der Waals surface area contributed by atoms with Crippen molar-refractivity contribution in [2.45, 2.75) is 39.0 Å². The van der Waals surface area contributed by atoms with Crippen molar-refractivity contribution in [2.75, 3.05) is 27.3 Å². The summed E-state index contributed by atoms with van der Waals surface area (Å²) < 4.78 is 38.5. The van der Waals surface area contributed by atoms with Crippen LogP contribution in [0.3, 0.4) is 0 Å². The number of halogens is 2.